The molecule has 26 heavy (non-hydrogen) atoms. The van der Waals surface area contributed by atoms with Crippen molar-refractivity contribution >= 4 is 16.9 Å². The summed E-state index contributed by atoms with van der Waals surface area (Å²) < 4.78 is 13.3. The third kappa shape index (κ3) is 2.43. The van der Waals surface area contributed by atoms with Crippen LogP contribution in [0.4, 0.5) is 4.39 Å². The Labute approximate surface area is 149 Å². The van der Waals surface area contributed by atoms with E-state index in [1.807, 2.05) is 19.1 Å². The summed E-state index contributed by atoms with van der Waals surface area (Å²) in [5.74, 6) is -1.81. The molecule has 132 valence electrons. The zero-order valence-electron chi connectivity index (χ0n) is 14.3. The van der Waals surface area contributed by atoms with Gasteiger partial charge in [0.2, 0.25) is 0 Å². The summed E-state index contributed by atoms with van der Waals surface area (Å²) in [5.41, 5.74) is 2.12. The van der Waals surface area contributed by atoms with Gasteiger partial charge in [0.1, 0.15) is 11.4 Å². The van der Waals surface area contributed by atoms with Crippen molar-refractivity contribution in [1.82, 2.24) is 4.98 Å². The van der Waals surface area contributed by atoms with Gasteiger partial charge in [-0.1, -0.05) is 31.2 Å². The molecule has 1 fully saturated rings. The molecule has 2 N–H and O–H groups in total. The topological polar surface area (TPSA) is 70.4 Å². The van der Waals surface area contributed by atoms with E-state index in [0.717, 1.165) is 30.4 Å². The molecule has 0 amide bonds. The normalized spacial score (nSPS) is 15.2. The summed E-state index contributed by atoms with van der Waals surface area (Å²) >= 11 is 0. The average molecular weight is 351 g/mol. The average Bonchev–Trinajstić information content (AvgIpc) is 3.42. The van der Waals surface area contributed by atoms with Gasteiger partial charge >= 0.3 is 5.97 Å². The predicted molar refractivity (Wildman–Crippen MR) is 96.2 cm³/mol. The number of aromatic hydroxyl groups is 1. The molecule has 1 aliphatic rings. The summed E-state index contributed by atoms with van der Waals surface area (Å²) in [6.07, 6.45) is 2.27. The van der Waals surface area contributed by atoms with E-state index in [2.05, 4.69) is 4.98 Å². The fourth-order valence-corrected chi connectivity index (χ4v) is 3.63. The number of aromatic carboxylic acids is 1. The second kappa shape index (κ2) is 5.80. The van der Waals surface area contributed by atoms with Gasteiger partial charge in [-0.2, -0.15) is 0 Å². The quantitative estimate of drug-likeness (QED) is 0.730. The molecule has 1 heterocycles. The molecule has 3 aromatic rings. The van der Waals surface area contributed by atoms with Crippen molar-refractivity contribution in [3.63, 3.8) is 0 Å². The first-order valence-electron chi connectivity index (χ1n) is 8.61. The van der Waals surface area contributed by atoms with Crippen molar-refractivity contribution in [2.45, 2.75) is 31.6 Å². The van der Waals surface area contributed by atoms with E-state index < -0.39 is 11.4 Å². The Morgan fingerprint density at radius 3 is 2.46 bits per heavy atom. The van der Waals surface area contributed by atoms with Gasteiger partial charge in [-0.3, -0.25) is 0 Å². The minimum absolute atomic E-state index is 0.124. The molecule has 0 saturated heterocycles. The van der Waals surface area contributed by atoms with Crippen LogP contribution in [0.25, 0.3) is 10.9 Å². The Morgan fingerprint density at radius 1 is 1.19 bits per heavy atom. The van der Waals surface area contributed by atoms with Gasteiger partial charge in [-0.25, -0.2) is 14.2 Å². The molecule has 0 atom stereocenters. The van der Waals surface area contributed by atoms with Crippen molar-refractivity contribution in [1.29, 1.82) is 0 Å². The summed E-state index contributed by atoms with van der Waals surface area (Å²) in [4.78, 5) is 16.5. The molecular weight excluding hydrogens is 333 g/mol. The van der Waals surface area contributed by atoms with Crippen LogP contribution >= 0.6 is 0 Å². The van der Waals surface area contributed by atoms with Gasteiger partial charge in [0.05, 0.1) is 11.2 Å². The highest BCUT2D eigenvalue weighted by atomic mass is 19.1. The minimum atomic E-state index is -1.18. The lowest BCUT2D eigenvalue weighted by molar-refractivity contribution is 0.0695. The van der Waals surface area contributed by atoms with Gasteiger partial charge in [-0.05, 0) is 48.6 Å². The fourth-order valence-electron chi connectivity index (χ4n) is 3.63. The molecule has 0 aliphatic heterocycles. The molecule has 0 radical (unpaired) electrons. The molecule has 1 aromatic heterocycles. The summed E-state index contributed by atoms with van der Waals surface area (Å²) in [6.45, 7) is 2.02. The first kappa shape index (κ1) is 16.5. The Morgan fingerprint density at radius 2 is 1.88 bits per heavy atom. The van der Waals surface area contributed by atoms with Crippen LogP contribution < -0.4 is 0 Å². The molecule has 2 aromatic carbocycles. The van der Waals surface area contributed by atoms with E-state index in [0.29, 0.717) is 16.6 Å². The molecule has 0 spiro atoms. The number of carbonyl (C=O) groups is 1. The number of carboxylic acid groups (broad SMARTS) is 1. The lowest BCUT2D eigenvalue weighted by Crippen LogP contribution is -2.14. The highest BCUT2D eigenvalue weighted by molar-refractivity contribution is 6.05. The number of fused-ring (bicyclic) bond motifs is 1. The molecule has 5 heteroatoms. The number of rotatable bonds is 4. The Bertz CT molecular complexity index is 1020. The molecule has 0 bridgehead atoms. The first-order valence-corrected chi connectivity index (χ1v) is 8.61. The van der Waals surface area contributed by atoms with Crippen LogP contribution in [-0.2, 0) is 11.8 Å². The maximum atomic E-state index is 13.3. The first-order chi connectivity index (χ1) is 12.5. The third-order valence-electron chi connectivity index (χ3n) is 5.25. The molecule has 1 saturated carbocycles. The largest absolute Gasteiger partial charge is 0.505 e. The van der Waals surface area contributed by atoms with E-state index in [4.69, 9.17) is 0 Å². The lowest BCUT2D eigenvalue weighted by Gasteiger charge is -2.19. The Kier molecular flexibility index (Phi) is 3.68. The fraction of sp³-hybridized carbons (Fsp3) is 0.238. The van der Waals surface area contributed by atoms with Crippen molar-refractivity contribution < 1.29 is 19.4 Å². The number of benzene rings is 2. The Balaban J connectivity index is 1.99. The van der Waals surface area contributed by atoms with Crippen LogP contribution in [-0.4, -0.2) is 21.2 Å². The minimum Gasteiger partial charge on any atom is -0.505 e. The zero-order chi connectivity index (χ0) is 18.5. The number of aryl methyl sites for hydroxylation is 1. The molecule has 1 aliphatic carbocycles. The molecule has 4 rings (SSSR count). The van der Waals surface area contributed by atoms with Gasteiger partial charge in [0.15, 0.2) is 5.75 Å². The standard InChI is InChI=1S/C21H18FNO3/c1-2-12-3-8-15-16(11-12)23-19(18(24)17(15)20(25)26)21(9-10-21)13-4-6-14(22)7-5-13/h3-8,11,24H,2,9-10H2,1H3,(H,25,26). The van der Waals surface area contributed by atoms with E-state index in [1.165, 1.54) is 12.1 Å². The summed E-state index contributed by atoms with van der Waals surface area (Å²) in [7, 11) is 0. The Hall–Kier alpha value is -2.95. The molecule has 0 unspecified atom stereocenters. The van der Waals surface area contributed by atoms with Gasteiger partial charge < -0.3 is 10.2 Å². The summed E-state index contributed by atoms with van der Waals surface area (Å²) in [6, 6.07) is 11.5. The third-order valence-corrected chi connectivity index (χ3v) is 5.25. The van der Waals surface area contributed by atoms with Crippen LogP contribution in [0.1, 0.15) is 46.9 Å². The van der Waals surface area contributed by atoms with Gasteiger partial charge in [-0.15, -0.1) is 0 Å². The number of hydrogen-bond donors (Lipinski definition) is 2. The van der Waals surface area contributed by atoms with Crippen LogP contribution in [0.15, 0.2) is 42.5 Å². The van der Waals surface area contributed by atoms with Crippen LogP contribution in [0, 0.1) is 5.82 Å². The number of nitrogens with zero attached hydrogens (tertiary/aromatic N) is 1. The highest BCUT2D eigenvalue weighted by Gasteiger charge is 2.50. The maximum absolute atomic E-state index is 13.3. The van der Waals surface area contributed by atoms with Gasteiger partial charge in [0, 0.05) is 10.8 Å². The van der Waals surface area contributed by atoms with E-state index in [1.54, 1.807) is 18.2 Å². The number of hydrogen-bond acceptors (Lipinski definition) is 3. The van der Waals surface area contributed by atoms with Crippen molar-refractivity contribution in [2.75, 3.05) is 0 Å². The number of carboxylic acids is 1. The van der Waals surface area contributed by atoms with E-state index in [9.17, 15) is 19.4 Å². The second-order valence-electron chi connectivity index (χ2n) is 6.78. The van der Waals surface area contributed by atoms with Crippen LogP contribution in [0.5, 0.6) is 5.75 Å². The summed E-state index contributed by atoms with van der Waals surface area (Å²) in [5, 5.41) is 20.9. The van der Waals surface area contributed by atoms with Crippen LogP contribution in [0.2, 0.25) is 0 Å². The van der Waals surface area contributed by atoms with E-state index in [-0.39, 0.29) is 17.1 Å². The van der Waals surface area contributed by atoms with Crippen LogP contribution in [0.3, 0.4) is 0 Å². The maximum Gasteiger partial charge on any atom is 0.340 e. The monoisotopic (exact) mass is 351 g/mol. The van der Waals surface area contributed by atoms with Crippen molar-refractivity contribution in [3.8, 4) is 5.75 Å². The smallest absolute Gasteiger partial charge is 0.340 e. The highest BCUT2D eigenvalue weighted by Crippen LogP contribution is 2.56. The predicted octanol–water partition coefficient (Wildman–Crippen LogP) is 4.42. The second-order valence-corrected chi connectivity index (χ2v) is 6.78. The SMILES string of the molecule is CCc1ccc2c(C(=O)O)c(O)c(C3(c4ccc(F)cc4)CC3)nc2c1. The number of pyridine rings is 1. The van der Waals surface area contributed by atoms with Crippen molar-refractivity contribution in [2.24, 2.45) is 0 Å². The van der Waals surface area contributed by atoms with Crippen molar-refractivity contribution in [3.05, 3.63) is 70.7 Å². The van der Waals surface area contributed by atoms with E-state index >= 15 is 0 Å². The number of aromatic nitrogens is 1. The lowest BCUT2D eigenvalue weighted by atomic mass is 9.89. The number of halogens is 1. The molecule has 4 nitrogen and oxygen atoms in total. The van der Waals surface area contributed by atoms with Gasteiger partial charge in [0.25, 0.3) is 0 Å². The molecular formula is C21H18FNO3. The zero-order valence-corrected chi connectivity index (χ0v) is 14.3.